The van der Waals surface area contributed by atoms with E-state index in [2.05, 4.69) is 20.6 Å². The van der Waals surface area contributed by atoms with Gasteiger partial charge in [-0.2, -0.15) is 0 Å². The summed E-state index contributed by atoms with van der Waals surface area (Å²) in [7, 11) is 0. The summed E-state index contributed by atoms with van der Waals surface area (Å²) in [6.45, 7) is 1.18. The van der Waals surface area contributed by atoms with E-state index in [9.17, 15) is 9.59 Å². The van der Waals surface area contributed by atoms with Crippen molar-refractivity contribution in [1.82, 2.24) is 30.0 Å². The first-order valence-corrected chi connectivity index (χ1v) is 10.4. The molecule has 0 saturated heterocycles. The standard InChI is InChI=1S/C23H22N6O4/c30-22(20-16-28(26-24-20)14-18-8-3-1-4-9-18)32-12-7-13-33-23(31)21-17-29(27-25-21)15-19-10-5-2-6-11-19/h1-6,8-11,16-17H,7,12-15H2. The summed E-state index contributed by atoms with van der Waals surface area (Å²) in [4.78, 5) is 24.2. The Morgan fingerprint density at radius 3 is 1.52 bits per heavy atom. The van der Waals surface area contributed by atoms with Crippen molar-refractivity contribution in [2.24, 2.45) is 0 Å². The van der Waals surface area contributed by atoms with Crippen LogP contribution in [0, 0.1) is 0 Å². The largest absolute Gasteiger partial charge is 0.461 e. The molecular formula is C23H22N6O4. The Bertz CT molecular complexity index is 1100. The Kier molecular flexibility index (Phi) is 7.16. The molecule has 0 radical (unpaired) electrons. The number of nitrogens with zero attached hydrogens (tertiary/aromatic N) is 6. The fourth-order valence-electron chi connectivity index (χ4n) is 3.02. The SMILES string of the molecule is O=C(OCCCOC(=O)c1cn(Cc2ccccc2)nn1)c1cn(Cc2ccccc2)nn1. The second-order valence-corrected chi connectivity index (χ2v) is 7.20. The molecule has 0 fully saturated rings. The van der Waals surface area contributed by atoms with E-state index in [-0.39, 0.29) is 24.6 Å². The van der Waals surface area contributed by atoms with Gasteiger partial charge in [0, 0.05) is 6.42 Å². The zero-order valence-corrected chi connectivity index (χ0v) is 17.8. The Labute approximate surface area is 189 Å². The fourth-order valence-corrected chi connectivity index (χ4v) is 3.02. The average Bonchev–Trinajstić information content (AvgIpc) is 3.50. The molecule has 168 valence electrons. The van der Waals surface area contributed by atoms with E-state index in [1.165, 1.54) is 12.4 Å². The molecule has 0 saturated carbocycles. The summed E-state index contributed by atoms with van der Waals surface area (Å²) in [5.74, 6) is -1.16. The molecule has 0 aliphatic heterocycles. The molecular weight excluding hydrogens is 424 g/mol. The zero-order valence-electron chi connectivity index (χ0n) is 17.8. The molecule has 0 amide bonds. The number of hydrogen-bond acceptors (Lipinski definition) is 8. The summed E-state index contributed by atoms with van der Waals surface area (Å²) in [6.07, 6.45) is 3.41. The first-order valence-electron chi connectivity index (χ1n) is 10.4. The minimum atomic E-state index is -0.579. The lowest BCUT2D eigenvalue weighted by atomic mass is 10.2. The zero-order chi connectivity index (χ0) is 22.9. The van der Waals surface area contributed by atoms with E-state index < -0.39 is 11.9 Å². The van der Waals surface area contributed by atoms with Crippen molar-refractivity contribution in [3.63, 3.8) is 0 Å². The minimum Gasteiger partial charge on any atom is -0.461 e. The maximum Gasteiger partial charge on any atom is 0.360 e. The van der Waals surface area contributed by atoms with Gasteiger partial charge in [-0.25, -0.2) is 19.0 Å². The van der Waals surface area contributed by atoms with Crippen LogP contribution in [0.25, 0.3) is 0 Å². The van der Waals surface area contributed by atoms with Crippen LogP contribution in [0.2, 0.25) is 0 Å². The lowest BCUT2D eigenvalue weighted by molar-refractivity contribution is 0.0388. The van der Waals surface area contributed by atoms with Crippen molar-refractivity contribution in [2.75, 3.05) is 13.2 Å². The molecule has 0 aliphatic rings. The van der Waals surface area contributed by atoms with Gasteiger partial charge in [0.05, 0.1) is 38.7 Å². The highest BCUT2D eigenvalue weighted by molar-refractivity contribution is 5.87. The highest BCUT2D eigenvalue weighted by atomic mass is 16.5. The lowest BCUT2D eigenvalue weighted by Crippen LogP contribution is -2.11. The topological polar surface area (TPSA) is 114 Å². The molecule has 0 unspecified atom stereocenters. The Morgan fingerprint density at radius 1 is 0.667 bits per heavy atom. The second-order valence-electron chi connectivity index (χ2n) is 7.20. The predicted molar refractivity (Wildman–Crippen MR) is 116 cm³/mol. The van der Waals surface area contributed by atoms with Crippen molar-refractivity contribution < 1.29 is 19.1 Å². The highest BCUT2D eigenvalue weighted by Gasteiger charge is 2.14. The van der Waals surface area contributed by atoms with Gasteiger partial charge in [0.15, 0.2) is 11.4 Å². The third-order valence-corrected chi connectivity index (χ3v) is 4.63. The van der Waals surface area contributed by atoms with E-state index in [1.807, 2.05) is 60.7 Å². The van der Waals surface area contributed by atoms with Crippen molar-refractivity contribution in [3.8, 4) is 0 Å². The maximum atomic E-state index is 12.1. The van der Waals surface area contributed by atoms with Gasteiger partial charge >= 0.3 is 11.9 Å². The van der Waals surface area contributed by atoms with Gasteiger partial charge in [-0.05, 0) is 11.1 Å². The van der Waals surface area contributed by atoms with Gasteiger partial charge in [0.2, 0.25) is 0 Å². The van der Waals surface area contributed by atoms with Crippen LogP contribution >= 0.6 is 0 Å². The van der Waals surface area contributed by atoms with Gasteiger partial charge in [0.25, 0.3) is 0 Å². The summed E-state index contributed by atoms with van der Waals surface area (Å²) < 4.78 is 13.5. The van der Waals surface area contributed by atoms with Crippen LogP contribution in [0.4, 0.5) is 0 Å². The number of carbonyl (C=O) groups excluding carboxylic acids is 2. The maximum absolute atomic E-state index is 12.1. The normalized spacial score (nSPS) is 10.7. The molecule has 4 aromatic rings. The summed E-state index contributed by atoms with van der Waals surface area (Å²) in [5.41, 5.74) is 2.34. The Balaban J connectivity index is 1.15. The summed E-state index contributed by atoms with van der Waals surface area (Å²) >= 11 is 0. The predicted octanol–water partition coefficient (Wildman–Crippen LogP) is 2.37. The van der Waals surface area contributed by atoms with Crippen molar-refractivity contribution in [3.05, 3.63) is 95.6 Å². The molecule has 0 aliphatic carbocycles. The number of carbonyl (C=O) groups is 2. The molecule has 0 spiro atoms. The molecule has 0 bridgehead atoms. The number of ether oxygens (including phenoxy) is 2. The van der Waals surface area contributed by atoms with Crippen LogP contribution in [0.1, 0.15) is 38.5 Å². The van der Waals surface area contributed by atoms with Crippen LogP contribution in [0.3, 0.4) is 0 Å². The fraction of sp³-hybridized carbons (Fsp3) is 0.217. The molecule has 10 nitrogen and oxygen atoms in total. The van der Waals surface area contributed by atoms with E-state index in [4.69, 9.17) is 9.47 Å². The Morgan fingerprint density at radius 2 is 1.09 bits per heavy atom. The van der Waals surface area contributed by atoms with Crippen LogP contribution in [0.5, 0.6) is 0 Å². The number of rotatable bonds is 10. The molecule has 4 rings (SSSR count). The van der Waals surface area contributed by atoms with E-state index >= 15 is 0 Å². The van der Waals surface area contributed by atoms with Gasteiger partial charge in [-0.15, -0.1) is 10.2 Å². The first-order chi connectivity index (χ1) is 16.2. The van der Waals surface area contributed by atoms with Crippen molar-refractivity contribution in [1.29, 1.82) is 0 Å². The third-order valence-electron chi connectivity index (χ3n) is 4.63. The third kappa shape index (κ3) is 6.33. The van der Waals surface area contributed by atoms with Gasteiger partial charge in [-0.1, -0.05) is 71.1 Å². The number of esters is 2. The number of hydrogen-bond donors (Lipinski definition) is 0. The molecule has 2 heterocycles. The monoisotopic (exact) mass is 446 g/mol. The van der Waals surface area contributed by atoms with E-state index in [0.717, 1.165) is 11.1 Å². The summed E-state index contributed by atoms with van der Waals surface area (Å²) in [5, 5.41) is 15.6. The first kappa shape index (κ1) is 21.9. The molecule has 10 heteroatoms. The quantitative estimate of drug-likeness (QED) is 0.269. The average molecular weight is 446 g/mol. The van der Waals surface area contributed by atoms with Crippen LogP contribution < -0.4 is 0 Å². The molecule has 2 aromatic heterocycles. The Hall–Kier alpha value is -4.34. The molecule has 33 heavy (non-hydrogen) atoms. The highest BCUT2D eigenvalue weighted by Crippen LogP contribution is 2.05. The molecule has 0 N–H and O–H groups in total. The van der Waals surface area contributed by atoms with Gasteiger partial charge < -0.3 is 9.47 Å². The number of benzene rings is 2. The van der Waals surface area contributed by atoms with Gasteiger partial charge in [0.1, 0.15) is 0 Å². The molecule has 0 atom stereocenters. The van der Waals surface area contributed by atoms with Crippen LogP contribution in [-0.4, -0.2) is 55.1 Å². The smallest absolute Gasteiger partial charge is 0.360 e. The van der Waals surface area contributed by atoms with Crippen LogP contribution in [0.15, 0.2) is 73.1 Å². The van der Waals surface area contributed by atoms with Gasteiger partial charge in [-0.3, -0.25) is 0 Å². The van der Waals surface area contributed by atoms with Crippen molar-refractivity contribution in [2.45, 2.75) is 19.5 Å². The molecule has 2 aromatic carbocycles. The van der Waals surface area contributed by atoms with E-state index in [0.29, 0.717) is 19.5 Å². The summed E-state index contributed by atoms with van der Waals surface area (Å²) in [6, 6.07) is 19.4. The van der Waals surface area contributed by atoms with E-state index in [1.54, 1.807) is 9.36 Å². The minimum absolute atomic E-state index is 0.0817. The lowest BCUT2D eigenvalue weighted by Gasteiger charge is -2.04. The number of aromatic nitrogens is 6. The van der Waals surface area contributed by atoms with Crippen molar-refractivity contribution >= 4 is 11.9 Å². The van der Waals surface area contributed by atoms with Crippen LogP contribution in [-0.2, 0) is 22.6 Å². The second kappa shape index (κ2) is 10.8.